The first-order valence-electron chi connectivity index (χ1n) is 8.33. The molecule has 1 N–H and O–H groups in total. The molecule has 152 valence electrons. The molecule has 0 aliphatic carbocycles. The highest BCUT2D eigenvalue weighted by Gasteiger charge is 2.22. The number of alkyl halides is 1. The van der Waals surface area contributed by atoms with Gasteiger partial charge >= 0.3 is 11.9 Å². The minimum Gasteiger partial charge on any atom is -0.480 e. The van der Waals surface area contributed by atoms with Crippen molar-refractivity contribution in [1.82, 2.24) is 0 Å². The largest absolute Gasteiger partial charge is 0.480 e. The minimum atomic E-state index is -1.29. The van der Waals surface area contributed by atoms with E-state index in [-0.39, 0.29) is 51.6 Å². The number of methoxy groups -OCH3 is 1. The van der Waals surface area contributed by atoms with Crippen molar-refractivity contribution in [1.29, 1.82) is 5.26 Å². The molecule has 0 fully saturated rings. The molecule has 0 spiro atoms. The number of hydrogen-bond acceptors (Lipinski definition) is 4. The number of hydrogen-bond donors (Lipinski definition) is 1. The van der Waals surface area contributed by atoms with E-state index in [2.05, 4.69) is 4.74 Å². The lowest BCUT2D eigenvalue weighted by molar-refractivity contribution is -0.140. The number of aliphatic carboxylic acids is 1. The van der Waals surface area contributed by atoms with Crippen molar-refractivity contribution in [2.45, 2.75) is 24.6 Å². The van der Waals surface area contributed by atoms with Gasteiger partial charge in [-0.15, -0.1) is 11.6 Å². The maximum Gasteiger partial charge on any atom is 0.321 e. The Labute approximate surface area is 181 Å². The van der Waals surface area contributed by atoms with Crippen LogP contribution in [0, 0.1) is 17.1 Å². The molecule has 0 heterocycles. The molecule has 0 saturated carbocycles. The Morgan fingerprint density at radius 3 is 2.55 bits per heavy atom. The van der Waals surface area contributed by atoms with Gasteiger partial charge in [-0.2, -0.15) is 5.26 Å². The zero-order chi connectivity index (χ0) is 21.7. The number of carboxylic acids is 1. The molecular formula is C20H15Cl3FNO4. The van der Waals surface area contributed by atoms with Crippen LogP contribution in [0.15, 0.2) is 24.3 Å². The van der Waals surface area contributed by atoms with Gasteiger partial charge in [0.05, 0.1) is 28.8 Å². The summed E-state index contributed by atoms with van der Waals surface area (Å²) in [6.45, 7) is 0. The first-order chi connectivity index (χ1) is 13.7. The number of nitriles is 1. The molecule has 0 saturated heterocycles. The van der Waals surface area contributed by atoms with Crippen LogP contribution in [-0.4, -0.2) is 29.5 Å². The Kier molecular flexibility index (Phi) is 7.86. The van der Waals surface area contributed by atoms with Crippen LogP contribution in [0.3, 0.4) is 0 Å². The molecular weight excluding hydrogens is 444 g/mol. The van der Waals surface area contributed by atoms with E-state index >= 15 is 0 Å². The summed E-state index contributed by atoms with van der Waals surface area (Å²) < 4.78 is 19.4. The van der Waals surface area contributed by atoms with Gasteiger partial charge in [-0.25, -0.2) is 4.39 Å². The van der Waals surface area contributed by atoms with Crippen LogP contribution in [0.25, 0.3) is 11.1 Å². The second-order valence-electron chi connectivity index (χ2n) is 6.08. The van der Waals surface area contributed by atoms with Crippen LogP contribution in [0.1, 0.15) is 23.1 Å². The van der Waals surface area contributed by atoms with Crippen molar-refractivity contribution in [3.05, 3.63) is 56.8 Å². The number of halogens is 4. The normalized spacial score (nSPS) is 11.6. The van der Waals surface area contributed by atoms with Crippen LogP contribution in [0.2, 0.25) is 10.0 Å². The van der Waals surface area contributed by atoms with Gasteiger partial charge in [-0.1, -0.05) is 29.3 Å². The molecule has 29 heavy (non-hydrogen) atoms. The lowest BCUT2D eigenvalue weighted by Crippen LogP contribution is -2.17. The Morgan fingerprint density at radius 2 is 1.97 bits per heavy atom. The molecule has 2 aromatic rings. The summed E-state index contributed by atoms with van der Waals surface area (Å²) in [6.07, 6.45) is 0.137. The number of esters is 1. The van der Waals surface area contributed by atoms with Gasteiger partial charge in [-0.05, 0) is 35.7 Å². The molecule has 9 heteroatoms. The van der Waals surface area contributed by atoms with Crippen molar-refractivity contribution in [2.75, 3.05) is 7.11 Å². The number of carbonyl (C=O) groups is 2. The summed E-state index contributed by atoms with van der Waals surface area (Å²) in [5.41, 5.74) is 0.955. The van der Waals surface area contributed by atoms with E-state index in [0.29, 0.717) is 5.56 Å². The van der Waals surface area contributed by atoms with Crippen LogP contribution >= 0.6 is 34.8 Å². The third kappa shape index (κ3) is 5.39. The Hall–Kier alpha value is -2.33. The molecule has 5 nitrogen and oxygen atoms in total. The second-order valence-corrected chi connectivity index (χ2v) is 7.39. The standard InChI is InChI=1S/C20H15Cl3FNO4/c1-29-17(26)5-3-10-2-4-14(21)18(19(10)23)13-6-11(7-15(22)20(27)28)12(9-25)8-16(13)24/h2,4,6,8,15H,3,5,7H2,1H3,(H,27,28). The zero-order valence-electron chi connectivity index (χ0n) is 15.1. The summed E-state index contributed by atoms with van der Waals surface area (Å²) in [5, 5.41) is 17.3. The van der Waals surface area contributed by atoms with Crippen molar-refractivity contribution in [3.63, 3.8) is 0 Å². The van der Waals surface area contributed by atoms with Crippen LogP contribution < -0.4 is 0 Å². The highest BCUT2D eigenvalue weighted by atomic mass is 35.5. The molecule has 1 unspecified atom stereocenters. The van der Waals surface area contributed by atoms with E-state index < -0.39 is 23.1 Å². The fourth-order valence-electron chi connectivity index (χ4n) is 2.74. The smallest absolute Gasteiger partial charge is 0.321 e. The maximum absolute atomic E-state index is 14.8. The fourth-order valence-corrected chi connectivity index (χ4v) is 3.57. The molecule has 2 aromatic carbocycles. The molecule has 0 aliphatic rings. The average Bonchev–Trinajstić information content (AvgIpc) is 2.68. The topological polar surface area (TPSA) is 87.4 Å². The summed E-state index contributed by atoms with van der Waals surface area (Å²) in [6, 6.07) is 7.29. The van der Waals surface area contributed by atoms with E-state index in [1.165, 1.54) is 19.2 Å². The Morgan fingerprint density at radius 1 is 1.28 bits per heavy atom. The van der Waals surface area contributed by atoms with Gasteiger partial charge in [0.1, 0.15) is 11.2 Å². The average molecular weight is 459 g/mol. The zero-order valence-corrected chi connectivity index (χ0v) is 17.4. The predicted octanol–water partition coefficient (Wildman–Crippen LogP) is 5.01. The van der Waals surface area contributed by atoms with Gasteiger partial charge < -0.3 is 9.84 Å². The van der Waals surface area contributed by atoms with Crippen molar-refractivity contribution in [3.8, 4) is 17.2 Å². The second kappa shape index (κ2) is 9.93. The van der Waals surface area contributed by atoms with Crippen molar-refractivity contribution < 1.29 is 23.8 Å². The predicted molar refractivity (Wildman–Crippen MR) is 108 cm³/mol. The van der Waals surface area contributed by atoms with E-state index in [0.717, 1.165) is 6.07 Å². The minimum absolute atomic E-state index is 0.00294. The molecule has 0 radical (unpaired) electrons. The van der Waals surface area contributed by atoms with Gasteiger partial charge in [-0.3, -0.25) is 9.59 Å². The summed E-state index contributed by atoms with van der Waals surface area (Å²) in [4.78, 5) is 22.5. The Balaban J connectivity index is 2.57. The van der Waals surface area contributed by atoms with Crippen LogP contribution in [0.4, 0.5) is 4.39 Å². The van der Waals surface area contributed by atoms with Gasteiger partial charge in [0.25, 0.3) is 0 Å². The van der Waals surface area contributed by atoms with E-state index in [1.54, 1.807) is 6.07 Å². The van der Waals surface area contributed by atoms with Crippen LogP contribution in [0.5, 0.6) is 0 Å². The molecule has 0 aromatic heterocycles. The fraction of sp³-hybridized carbons (Fsp3) is 0.250. The monoisotopic (exact) mass is 457 g/mol. The first kappa shape index (κ1) is 23.0. The number of aryl methyl sites for hydroxylation is 1. The number of ether oxygens (including phenoxy) is 1. The summed E-state index contributed by atoms with van der Waals surface area (Å²) in [7, 11) is 1.27. The summed E-state index contributed by atoms with van der Waals surface area (Å²) in [5.74, 6) is -2.44. The maximum atomic E-state index is 14.8. The molecule has 0 amide bonds. The number of carboxylic acid groups (broad SMARTS) is 1. The number of carbonyl (C=O) groups excluding carboxylic acids is 1. The highest BCUT2D eigenvalue weighted by Crippen LogP contribution is 2.39. The Bertz CT molecular complexity index is 1000. The van der Waals surface area contributed by atoms with Crippen molar-refractivity contribution in [2.24, 2.45) is 0 Å². The SMILES string of the molecule is COC(=O)CCc1ccc(Cl)c(-c2cc(CC(Cl)C(=O)O)c(C#N)cc2F)c1Cl. The lowest BCUT2D eigenvalue weighted by atomic mass is 9.94. The van der Waals surface area contributed by atoms with E-state index in [4.69, 9.17) is 39.9 Å². The number of rotatable bonds is 7. The molecule has 0 bridgehead atoms. The quantitative estimate of drug-likeness (QED) is 0.465. The van der Waals surface area contributed by atoms with E-state index in [9.17, 15) is 19.2 Å². The van der Waals surface area contributed by atoms with Crippen molar-refractivity contribution >= 4 is 46.7 Å². The van der Waals surface area contributed by atoms with E-state index in [1.807, 2.05) is 6.07 Å². The number of nitrogens with zero attached hydrogens (tertiary/aromatic N) is 1. The van der Waals surface area contributed by atoms with Gasteiger partial charge in [0.15, 0.2) is 0 Å². The highest BCUT2D eigenvalue weighted by molar-refractivity contribution is 6.39. The van der Waals surface area contributed by atoms with Gasteiger partial charge in [0.2, 0.25) is 0 Å². The molecule has 1 atom stereocenters. The first-order valence-corrected chi connectivity index (χ1v) is 9.52. The molecule has 2 rings (SSSR count). The number of benzene rings is 2. The van der Waals surface area contributed by atoms with Gasteiger partial charge in [0, 0.05) is 24.0 Å². The summed E-state index contributed by atoms with van der Waals surface area (Å²) >= 11 is 18.5. The third-order valence-corrected chi connectivity index (χ3v) is 5.33. The van der Waals surface area contributed by atoms with Crippen LogP contribution in [-0.2, 0) is 27.2 Å². The molecule has 0 aliphatic heterocycles. The third-order valence-electron chi connectivity index (χ3n) is 4.25. The lowest BCUT2D eigenvalue weighted by Gasteiger charge is -2.15.